The lowest BCUT2D eigenvalue weighted by atomic mass is 10.1. The van der Waals surface area contributed by atoms with Gasteiger partial charge in [0, 0.05) is 37.6 Å². The largest absolute Gasteiger partial charge is 0.356 e. The van der Waals surface area contributed by atoms with Crippen LogP contribution in [-0.4, -0.2) is 31.1 Å². The Labute approximate surface area is 114 Å². The number of hydrogen-bond acceptors (Lipinski definition) is 3. The number of aromatic nitrogens is 1. The molecule has 0 saturated carbocycles. The van der Waals surface area contributed by atoms with Crippen LogP contribution in [-0.2, 0) is 6.42 Å². The molecule has 0 atom stereocenters. The lowest BCUT2D eigenvalue weighted by molar-refractivity contribution is 0.573. The third kappa shape index (κ3) is 6.00. The first kappa shape index (κ1) is 15.0. The molecule has 0 spiro atoms. The Morgan fingerprint density at radius 1 is 1.39 bits per heavy atom. The van der Waals surface area contributed by atoms with E-state index in [1.165, 1.54) is 9.88 Å². The summed E-state index contributed by atoms with van der Waals surface area (Å²) in [6, 6.07) is 0. The highest BCUT2D eigenvalue weighted by molar-refractivity contribution is 7.11. The van der Waals surface area contributed by atoms with Gasteiger partial charge in [0.2, 0.25) is 0 Å². The van der Waals surface area contributed by atoms with E-state index in [4.69, 9.17) is 0 Å². The molecule has 18 heavy (non-hydrogen) atoms. The molecule has 0 amide bonds. The molecule has 1 aromatic heterocycles. The average molecular weight is 268 g/mol. The fourth-order valence-electron chi connectivity index (χ4n) is 1.50. The maximum atomic E-state index is 4.34. The van der Waals surface area contributed by atoms with Crippen LogP contribution in [0.4, 0.5) is 0 Å². The second-order valence-corrected chi connectivity index (χ2v) is 6.04. The van der Waals surface area contributed by atoms with Gasteiger partial charge >= 0.3 is 0 Å². The Kier molecular flexibility index (Phi) is 6.72. The van der Waals surface area contributed by atoms with Crippen molar-refractivity contribution in [3.63, 3.8) is 0 Å². The molecule has 102 valence electrons. The standard InChI is InChI=1S/C13H24N4S/c1-10(2)5-7-15-13(14-4)16-8-6-12-17-9-11(3)18-12/h9-10H,5-8H2,1-4H3,(H2,14,15,16). The summed E-state index contributed by atoms with van der Waals surface area (Å²) in [6.45, 7) is 8.37. The van der Waals surface area contributed by atoms with Gasteiger partial charge in [-0.1, -0.05) is 13.8 Å². The van der Waals surface area contributed by atoms with Crippen molar-refractivity contribution in [3.8, 4) is 0 Å². The number of aryl methyl sites for hydroxylation is 1. The summed E-state index contributed by atoms with van der Waals surface area (Å²) in [5.41, 5.74) is 0. The molecule has 5 heteroatoms. The van der Waals surface area contributed by atoms with Gasteiger partial charge in [0.05, 0.1) is 5.01 Å². The van der Waals surface area contributed by atoms with Gasteiger partial charge in [-0.2, -0.15) is 0 Å². The van der Waals surface area contributed by atoms with Gasteiger partial charge in [-0.25, -0.2) is 4.98 Å². The molecule has 1 heterocycles. The normalized spacial score (nSPS) is 11.9. The van der Waals surface area contributed by atoms with Gasteiger partial charge in [-0.05, 0) is 19.3 Å². The summed E-state index contributed by atoms with van der Waals surface area (Å²) in [6.07, 6.45) is 4.03. The molecular formula is C13H24N4S. The molecule has 0 aliphatic rings. The van der Waals surface area contributed by atoms with Crippen LogP contribution in [0.1, 0.15) is 30.2 Å². The van der Waals surface area contributed by atoms with Crippen LogP contribution in [0.3, 0.4) is 0 Å². The topological polar surface area (TPSA) is 49.3 Å². The van der Waals surface area contributed by atoms with Crippen molar-refractivity contribution in [3.05, 3.63) is 16.1 Å². The van der Waals surface area contributed by atoms with Crippen LogP contribution >= 0.6 is 11.3 Å². The predicted octanol–water partition coefficient (Wildman–Crippen LogP) is 2.21. The quantitative estimate of drug-likeness (QED) is 0.614. The van der Waals surface area contributed by atoms with Crippen molar-refractivity contribution in [2.24, 2.45) is 10.9 Å². The SMILES string of the molecule is CN=C(NCCc1ncc(C)s1)NCCC(C)C. The van der Waals surface area contributed by atoms with E-state index in [1.54, 1.807) is 18.4 Å². The van der Waals surface area contributed by atoms with Crippen molar-refractivity contribution < 1.29 is 0 Å². The Balaban J connectivity index is 2.19. The van der Waals surface area contributed by atoms with E-state index >= 15 is 0 Å². The number of guanidine groups is 1. The minimum absolute atomic E-state index is 0.717. The molecule has 0 unspecified atom stereocenters. The molecule has 0 fully saturated rings. The monoisotopic (exact) mass is 268 g/mol. The first-order chi connectivity index (χ1) is 8.61. The van der Waals surface area contributed by atoms with Crippen LogP contribution in [0.2, 0.25) is 0 Å². The molecule has 0 aliphatic heterocycles. The highest BCUT2D eigenvalue weighted by Crippen LogP contribution is 2.10. The molecule has 0 radical (unpaired) electrons. The summed E-state index contributed by atoms with van der Waals surface area (Å²) in [5.74, 6) is 1.60. The van der Waals surface area contributed by atoms with Crippen LogP contribution in [0.15, 0.2) is 11.2 Å². The van der Waals surface area contributed by atoms with Crippen LogP contribution < -0.4 is 10.6 Å². The second kappa shape index (κ2) is 8.08. The first-order valence-electron chi connectivity index (χ1n) is 6.47. The zero-order valence-corrected chi connectivity index (χ0v) is 12.6. The van der Waals surface area contributed by atoms with E-state index in [-0.39, 0.29) is 0 Å². The van der Waals surface area contributed by atoms with Crippen molar-refractivity contribution >= 4 is 17.3 Å². The molecule has 0 aliphatic carbocycles. The third-order valence-electron chi connectivity index (χ3n) is 2.54. The maximum absolute atomic E-state index is 4.34. The summed E-state index contributed by atoms with van der Waals surface area (Å²) < 4.78 is 0. The summed E-state index contributed by atoms with van der Waals surface area (Å²) in [4.78, 5) is 9.81. The molecule has 1 aromatic rings. The van der Waals surface area contributed by atoms with Crippen molar-refractivity contribution in [2.75, 3.05) is 20.1 Å². The molecule has 1 rings (SSSR count). The van der Waals surface area contributed by atoms with Gasteiger partial charge in [0.25, 0.3) is 0 Å². The fourth-order valence-corrected chi connectivity index (χ4v) is 2.29. The second-order valence-electron chi connectivity index (χ2n) is 4.72. The van der Waals surface area contributed by atoms with Crippen LogP contribution in [0.25, 0.3) is 0 Å². The Bertz CT molecular complexity index is 371. The van der Waals surface area contributed by atoms with Gasteiger partial charge in [-0.15, -0.1) is 11.3 Å². The maximum Gasteiger partial charge on any atom is 0.190 e. The van der Waals surface area contributed by atoms with E-state index in [9.17, 15) is 0 Å². The lowest BCUT2D eigenvalue weighted by Gasteiger charge is -2.12. The Morgan fingerprint density at radius 2 is 2.11 bits per heavy atom. The zero-order chi connectivity index (χ0) is 13.4. The average Bonchev–Trinajstić information content (AvgIpc) is 2.72. The van der Waals surface area contributed by atoms with E-state index in [2.05, 4.69) is 41.4 Å². The van der Waals surface area contributed by atoms with Crippen LogP contribution in [0, 0.1) is 12.8 Å². The van der Waals surface area contributed by atoms with E-state index in [1.807, 2.05) is 6.20 Å². The van der Waals surface area contributed by atoms with Crippen molar-refractivity contribution in [1.29, 1.82) is 0 Å². The fraction of sp³-hybridized carbons (Fsp3) is 0.692. The number of thiazole rings is 1. The summed E-state index contributed by atoms with van der Waals surface area (Å²) in [5, 5.41) is 7.80. The molecule has 0 aromatic carbocycles. The predicted molar refractivity (Wildman–Crippen MR) is 79.4 cm³/mol. The third-order valence-corrected chi connectivity index (χ3v) is 3.51. The molecule has 0 saturated heterocycles. The minimum Gasteiger partial charge on any atom is -0.356 e. The Morgan fingerprint density at radius 3 is 2.67 bits per heavy atom. The van der Waals surface area contributed by atoms with E-state index in [0.717, 1.165) is 31.9 Å². The molecular weight excluding hydrogens is 244 g/mol. The highest BCUT2D eigenvalue weighted by atomic mass is 32.1. The van der Waals surface area contributed by atoms with Gasteiger partial charge < -0.3 is 10.6 Å². The summed E-state index contributed by atoms with van der Waals surface area (Å²) >= 11 is 1.76. The van der Waals surface area contributed by atoms with Gasteiger partial charge in [0.15, 0.2) is 5.96 Å². The summed E-state index contributed by atoms with van der Waals surface area (Å²) in [7, 11) is 1.80. The van der Waals surface area contributed by atoms with Crippen LogP contribution in [0.5, 0.6) is 0 Å². The van der Waals surface area contributed by atoms with Gasteiger partial charge in [0.1, 0.15) is 0 Å². The van der Waals surface area contributed by atoms with Crippen molar-refractivity contribution in [2.45, 2.75) is 33.6 Å². The highest BCUT2D eigenvalue weighted by Gasteiger charge is 2.01. The number of nitrogens with one attached hydrogen (secondary N) is 2. The lowest BCUT2D eigenvalue weighted by Crippen LogP contribution is -2.39. The molecule has 4 nitrogen and oxygen atoms in total. The number of nitrogens with zero attached hydrogens (tertiary/aromatic N) is 2. The van der Waals surface area contributed by atoms with Gasteiger partial charge in [-0.3, -0.25) is 4.99 Å². The van der Waals surface area contributed by atoms with Crippen molar-refractivity contribution in [1.82, 2.24) is 15.6 Å². The minimum atomic E-state index is 0.717. The smallest absolute Gasteiger partial charge is 0.190 e. The Hall–Kier alpha value is -1.10. The van der Waals surface area contributed by atoms with E-state index < -0.39 is 0 Å². The van der Waals surface area contributed by atoms with E-state index in [0.29, 0.717) is 5.92 Å². The zero-order valence-electron chi connectivity index (χ0n) is 11.8. The molecule has 0 bridgehead atoms. The molecule has 2 N–H and O–H groups in total. The first-order valence-corrected chi connectivity index (χ1v) is 7.29. The number of aliphatic imine (C=N–C) groups is 1. The number of hydrogen-bond donors (Lipinski definition) is 2. The number of rotatable bonds is 6.